The molecule has 0 unspecified atom stereocenters. The Hall–Kier alpha value is -5.13. The molecule has 11 heteroatoms. The van der Waals surface area contributed by atoms with Crippen molar-refractivity contribution in [2.24, 2.45) is 0 Å². The minimum Gasteiger partial charge on any atom is -0.326 e. The highest BCUT2D eigenvalue weighted by atomic mass is 32.2. The Morgan fingerprint density at radius 3 is 2.38 bits per heavy atom. The molecule has 45 heavy (non-hydrogen) atoms. The van der Waals surface area contributed by atoms with Gasteiger partial charge in [0.1, 0.15) is 0 Å². The van der Waals surface area contributed by atoms with Crippen LogP contribution in [0.3, 0.4) is 0 Å². The fourth-order valence-corrected chi connectivity index (χ4v) is 6.78. The van der Waals surface area contributed by atoms with E-state index in [1.54, 1.807) is 6.07 Å². The minimum atomic E-state index is -2.93. The molecule has 4 aromatic carbocycles. The predicted octanol–water partition coefficient (Wildman–Crippen LogP) is 5.02. The summed E-state index contributed by atoms with van der Waals surface area (Å²) in [7, 11) is -2.93. The summed E-state index contributed by atoms with van der Waals surface area (Å²) in [4.78, 5) is 24.3. The van der Waals surface area contributed by atoms with Crippen molar-refractivity contribution in [2.45, 2.75) is 13.1 Å². The maximum Gasteiger partial charge on any atom is 0.255 e. The van der Waals surface area contributed by atoms with E-state index in [0.29, 0.717) is 42.5 Å². The number of fused-ring (bicyclic) bond motifs is 1. The van der Waals surface area contributed by atoms with Gasteiger partial charge in [0.15, 0.2) is 21.5 Å². The second kappa shape index (κ2) is 12.1. The molecule has 2 aromatic heterocycles. The number of hydrogen-bond acceptors (Lipinski definition) is 7. The monoisotopic (exact) mass is 617 g/mol. The highest BCUT2D eigenvalue weighted by molar-refractivity contribution is 7.91. The second-order valence-electron chi connectivity index (χ2n) is 11.2. The Labute approximate surface area is 260 Å². The third-order valence-electron chi connectivity index (χ3n) is 8.03. The van der Waals surface area contributed by atoms with Crippen molar-refractivity contribution in [3.63, 3.8) is 0 Å². The first-order valence-corrected chi connectivity index (χ1v) is 16.6. The molecule has 1 amide bonds. The maximum atomic E-state index is 13.0. The topological polar surface area (TPSA) is 126 Å². The van der Waals surface area contributed by atoms with Gasteiger partial charge in [0.2, 0.25) is 0 Å². The number of hydrogen-bond donors (Lipinski definition) is 2. The summed E-state index contributed by atoms with van der Waals surface area (Å²) in [6.07, 6.45) is 1.87. The Morgan fingerprint density at radius 2 is 1.58 bits per heavy atom. The third-order valence-corrected chi connectivity index (χ3v) is 9.64. The van der Waals surface area contributed by atoms with Crippen molar-refractivity contribution in [1.82, 2.24) is 29.6 Å². The standard InChI is InChI=1S/C34H31N7O3S/c42-34(28-5-3-4-25(20-28)21-40-16-18-45(43,44)19-17-40)36-29-14-12-27(13-15-29)33-37-32(38-39-33)26-10-8-24(9-11-26)22-41-23-35-30-6-1-2-7-31(30)41/h1-15,20,23H,16-19,21-22H2,(H,36,42)(H,37,38,39). The van der Waals surface area contributed by atoms with Gasteiger partial charge in [-0.05, 0) is 59.7 Å². The average molecular weight is 618 g/mol. The Kier molecular flexibility index (Phi) is 7.70. The van der Waals surface area contributed by atoms with Crippen LogP contribution in [0.5, 0.6) is 0 Å². The van der Waals surface area contributed by atoms with Crippen LogP contribution in [0.4, 0.5) is 5.69 Å². The lowest BCUT2D eigenvalue weighted by Crippen LogP contribution is -2.39. The van der Waals surface area contributed by atoms with E-state index in [2.05, 4.69) is 48.2 Å². The Bertz CT molecular complexity index is 2070. The number of anilines is 1. The normalized spacial score (nSPS) is 14.8. The van der Waals surface area contributed by atoms with Gasteiger partial charge in [0.05, 0.1) is 28.9 Å². The summed E-state index contributed by atoms with van der Waals surface area (Å²) >= 11 is 0. The summed E-state index contributed by atoms with van der Waals surface area (Å²) in [5.41, 5.74) is 7.18. The van der Waals surface area contributed by atoms with Gasteiger partial charge in [-0.2, -0.15) is 5.10 Å². The zero-order chi connectivity index (χ0) is 30.8. The Morgan fingerprint density at radius 1 is 0.822 bits per heavy atom. The first-order valence-electron chi connectivity index (χ1n) is 14.7. The van der Waals surface area contributed by atoms with Crippen molar-refractivity contribution in [3.05, 3.63) is 120 Å². The molecule has 7 rings (SSSR count). The number of rotatable bonds is 8. The molecule has 1 aliphatic heterocycles. The highest BCUT2D eigenvalue weighted by Crippen LogP contribution is 2.23. The van der Waals surface area contributed by atoms with E-state index in [1.807, 2.05) is 79.1 Å². The predicted molar refractivity (Wildman–Crippen MR) is 174 cm³/mol. The number of sulfone groups is 1. The van der Waals surface area contributed by atoms with E-state index >= 15 is 0 Å². The summed E-state index contributed by atoms with van der Waals surface area (Å²) in [6, 6.07) is 31.2. The number of para-hydroxylation sites is 2. The number of carbonyl (C=O) groups excluding carboxylic acids is 1. The third kappa shape index (κ3) is 6.54. The maximum absolute atomic E-state index is 13.0. The van der Waals surface area contributed by atoms with E-state index in [0.717, 1.165) is 39.8 Å². The molecular formula is C34H31N7O3S. The van der Waals surface area contributed by atoms with Gasteiger partial charge in [0, 0.05) is 48.6 Å². The molecule has 3 heterocycles. The van der Waals surface area contributed by atoms with E-state index in [-0.39, 0.29) is 17.4 Å². The van der Waals surface area contributed by atoms with Crippen LogP contribution in [0.1, 0.15) is 21.5 Å². The van der Waals surface area contributed by atoms with Gasteiger partial charge in [-0.25, -0.2) is 18.4 Å². The second-order valence-corrected chi connectivity index (χ2v) is 13.5. The number of H-pyrrole nitrogens is 1. The molecule has 0 saturated carbocycles. The number of nitrogens with zero attached hydrogens (tertiary/aromatic N) is 5. The molecule has 1 fully saturated rings. The van der Waals surface area contributed by atoms with Crippen LogP contribution in [-0.2, 0) is 22.9 Å². The lowest BCUT2D eigenvalue weighted by atomic mass is 10.1. The van der Waals surface area contributed by atoms with Crippen LogP contribution in [0.25, 0.3) is 33.8 Å². The van der Waals surface area contributed by atoms with Crippen LogP contribution in [0, 0.1) is 0 Å². The lowest BCUT2D eigenvalue weighted by molar-refractivity contribution is 0.102. The molecule has 0 atom stereocenters. The van der Waals surface area contributed by atoms with Crippen molar-refractivity contribution < 1.29 is 13.2 Å². The minimum absolute atomic E-state index is 0.177. The van der Waals surface area contributed by atoms with Gasteiger partial charge in [-0.1, -0.05) is 48.5 Å². The van der Waals surface area contributed by atoms with Gasteiger partial charge in [-0.15, -0.1) is 0 Å². The van der Waals surface area contributed by atoms with E-state index in [9.17, 15) is 13.2 Å². The van der Waals surface area contributed by atoms with Crippen LogP contribution < -0.4 is 5.32 Å². The van der Waals surface area contributed by atoms with E-state index < -0.39 is 9.84 Å². The molecular weight excluding hydrogens is 586 g/mol. The molecule has 1 saturated heterocycles. The first kappa shape index (κ1) is 28.6. The van der Waals surface area contributed by atoms with E-state index in [4.69, 9.17) is 4.98 Å². The SMILES string of the molecule is O=C(Nc1ccc(-c2n[nH]c(-c3ccc(Cn4cnc5ccccc54)cc3)n2)cc1)c1cccc(CN2CCS(=O)(=O)CC2)c1. The number of amides is 1. The lowest BCUT2D eigenvalue weighted by Gasteiger charge is -2.26. The molecule has 226 valence electrons. The molecule has 0 aliphatic carbocycles. The van der Waals surface area contributed by atoms with Gasteiger partial charge in [0.25, 0.3) is 5.91 Å². The van der Waals surface area contributed by atoms with Crippen molar-refractivity contribution in [1.29, 1.82) is 0 Å². The molecule has 0 bridgehead atoms. The number of carbonyl (C=O) groups is 1. The average Bonchev–Trinajstić information content (AvgIpc) is 3.71. The number of imidazole rings is 1. The van der Waals surface area contributed by atoms with Crippen LogP contribution >= 0.6 is 0 Å². The molecule has 0 radical (unpaired) electrons. The largest absolute Gasteiger partial charge is 0.326 e. The first-order chi connectivity index (χ1) is 21.9. The molecule has 0 spiro atoms. The van der Waals surface area contributed by atoms with E-state index in [1.165, 1.54) is 0 Å². The highest BCUT2D eigenvalue weighted by Gasteiger charge is 2.21. The van der Waals surface area contributed by atoms with Crippen molar-refractivity contribution in [3.8, 4) is 22.8 Å². The fraction of sp³-hybridized carbons (Fsp3) is 0.176. The van der Waals surface area contributed by atoms with Crippen molar-refractivity contribution >= 4 is 32.5 Å². The van der Waals surface area contributed by atoms with Gasteiger partial charge in [-0.3, -0.25) is 14.8 Å². The molecule has 2 N–H and O–H groups in total. The quantitative estimate of drug-likeness (QED) is 0.246. The van der Waals surface area contributed by atoms with Gasteiger partial charge >= 0.3 is 0 Å². The molecule has 1 aliphatic rings. The summed E-state index contributed by atoms with van der Waals surface area (Å²) in [5.74, 6) is 1.38. The zero-order valence-corrected chi connectivity index (χ0v) is 25.2. The smallest absolute Gasteiger partial charge is 0.255 e. The van der Waals surface area contributed by atoms with Crippen LogP contribution in [-0.4, -0.2) is 68.6 Å². The van der Waals surface area contributed by atoms with Crippen LogP contribution in [0.2, 0.25) is 0 Å². The summed E-state index contributed by atoms with van der Waals surface area (Å²) in [6.45, 7) is 2.35. The number of aromatic amines is 1. The van der Waals surface area contributed by atoms with Crippen molar-refractivity contribution in [2.75, 3.05) is 29.9 Å². The van der Waals surface area contributed by atoms with Gasteiger partial charge < -0.3 is 9.88 Å². The number of benzene rings is 4. The summed E-state index contributed by atoms with van der Waals surface area (Å²) < 4.78 is 25.6. The number of nitrogens with one attached hydrogen (secondary N) is 2. The fourth-order valence-electron chi connectivity index (χ4n) is 5.50. The summed E-state index contributed by atoms with van der Waals surface area (Å²) in [5, 5.41) is 10.4. The van der Waals surface area contributed by atoms with Crippen LogP contribution in [0.15, 0.2) is 103 Å². The Balaban J connectivity index is 0.969. The molecule has 6 aromatic rings. The molecule has 10 nitrogen and oxygen atoms in total. The number of aromatic nitrogens is 5. The zero-order valence-electron chi connectivity index (χ0n) is 24.4.